The first-order valence-electron chi connectivity index (χ1n) is 7.48. The molecule has 0 atom stereocenters. The van der Waals surface area contributed by atoms with Gasteiger partial charge in [0, 0.05) is 5.92 Å². The Kier molecular flexibility index (Phi) is 4.02. The van der Waals surface area contributed by atoms with E-state index in [9.17, 15) is 4.79 Å². The lowest BCUT2D eigenvalue weighted by atomic mass is 9.98. The molecular weight excluding hydrogens is 288 g/mol. The molecule has 0 radical (unpaired) electrons. The van der Waals surface area contributed by atoms with E-state index < -0.39 is 5.97 Å². The Balaban J connectivity index is 1.80. The predicted molar refractivity (Wildman–Crippen MR) is 90.2 cm³/mol. The summed E-state index contributed by atoms with van der Waals surface area (Å²) in [5, 5.41) is 8.82. The molecule has 0 saturated carbocycles. The largest absolute Gasteiger partial charge is 0.493 e. The first-order chi connectivity index (χ1) is 11.1. The lowest BCUT2D eigenvalue weighted by Gasteiger charge is -2.17. The van der Waals surface area contributed by atoms with Gasteiger partial charge >= 0.3 is 5.97 Å². The van der Waals surface area contributed by atoms with Gasteiger partial charge in [0.25, 0.3) is 0 Å². The van der Waals surface area contributed by atoms with Gasteiger partial charge in [-0.15, -0.1) is 0 Å². The van der Waals surface area contributed by atoms with Crippen molar-refractivity contribution in [2.45, 2.75) is 12.3 Å². The van der Waals surface area contributed by atoms with Gasteiger partial charge in [-0.1, -0.05) is 61.7 Å². The lowest BCUT2D eigenvalue weighted by molar-refractivity contribution is -0.136. The van der Waals surface area contributed by atoms with E-state index in [1.165, 1.54) is 22.3 Å². The predicted octanol–water partition coefficient (Wildman–Crippen LogP) is 4.36. The first kappa shape index (κ1) is 15.1. The highest BCUT2D eigenvalue weighted by molar-refractivity contribution is 5.78. The van der Waals surface area contributed by atoms with Crippen molar-refractivity contribution in [3.05, 3.63) is 84.1 Å². The Labute approximate surface area is 135 Å². The number of carbonyl (C=O) groups is 1. The van der Waals surface area contributed by atoms with Gasteiger partial charge in [0.15, 0.2) is 0 Å². The van der Waals surface area contributed by atoms with Crippen LogP contribution < -0.4 is 0 Å². The van der Waals surface area contributed by atoms with E-state index in [0.29, 0.717) is 17.9 Å². The van der Waals surface area contributed by atoms with Crippen molar-refractivity contribution >= 4 is 5.97 Å². The zero-order valence-corrected chi connectivity index (χ0v) is 12.8. The van der Waals surface area contributed by atoms with Crippen LogP contribution in [-0.2, 0) is 9.53 Å². The SMILES string of the molecule is C=C(CC(=O)O)C(=C)OCC1c2ccccc2-c2ccccc21. The van der Waals surface area contributed by atoms with Gasteiger partial charge in [0.1, 0.15) is 5.76 Å². The molecule has 23 heavy (non-hydrogen) atoms. The molecule has 1 N–H and O–H groups in total. The minimum atomic E-state index is -0.934. The molecule has 0 fully saturated rings. The maximum absolute atomic E-state index is 10.7. The number of rotatable bonds is 6. The minimum Gasteiger partial charge on any atom is -0.493 e. The third kappa shape index (κ3) is 2.90. The fourth-order valence-electron chi connectivity index (χ4n) is 3.01. The second-order valence-electron chi connectivity index (χ2n) is 5.64. The Morgan fingerprint density at radius 3 is 2.04 bits per heavy atom. The van der Waals surface area contributed by atoms with Crippen molar-refractivity contribution in [2.75, 3.05) is 6.61 Å². The van der Waals surface area contributed by atoms with Gasteiger partial charge in [-0.05, 0) is 27.8 Å². The zero-order valence-electron chi connectivity index (χ0n) is 12.8. The van der Waals surface area contributed by atoms with Crippen LogP contribution in [0.5, 0.6) is 0 Å². The Morgan fingerprint density at radius 1 is 1.00 bits per heavy atom. The summed E-state index contributed by atoms with van der Waals surface area (Å²) in [6.45, 7) is 7.94. The maximum Gasteiger partial charge on any atom is 0.307 e. The van der Waals surface area contributed by atoms with Gasteiger partial charge < -0.3 is 9.84 Å². The van der Waals surface area contributed by atoms with Crippen LogP contribution in [0.15, 0.2) is 73.0 Å². The van der Waals surface area contributed by atoms with Gasteiger partial charge in [0.2, 0.25) is 0 Å². The van der Waals surface area contributed by atoms with Crippen molar-refractivity contribution in [1.29, 1.82) is 0 Å². The molecule has 3 rings (SSSR count). The summed E-state index contributed by atoms with van der Waals surface area (Å²) < 4.78 is 5.74. The number of aliphatic carboxylic acids is 1. The summed E-state index contributed by atoms with van der Waals surface area (Å²) >= 11 is 0. The van der Waals surface area contributed by atoms with Crippen LogP contribution in [0.4, 0.5) is 0 Å². The highest BCUT2D eigenvalue weighted by Gasteiger charge is 2.28. The van der Waals surface area contributed by atoms with Crippen molar-refractivity contribution in [2.24, 2.45) is 0 Å². The molecule has 0 aliphatic heterocycles. The van der Waals surface area contributed by atoms with Crippen molar-refractivity contribution in [1.82, 2.24) is 0 Å². The number of fused-ring (bicyclic) bond motifs is 3. The molecule has 116 valence electrons. The van der Waals surface area contributed by atoms with Crippen LogP contribution in [0, 0.1) is 0 Å². The van der Waals surface area contributed by atoms with E-state index in [-0.39, 0.29) is 12.3 Å². The van der Waals surface area contributed by atoms with E-state index >= 15 is 0 Å². The number of benzene rings is 2. The zero-order chi connectivity index (χ0) is 16.4. The second kappa shape index (κ2) is 6.13. The molecule has 3 nitrogen and oxygen atoms in total. The Morgan fingerprint density at radius 2 is 1.52 bits per heavy atom. The highest BCUT2D eigenvalue weighted by atomic mass is 16.5. The summed E-state index contributed by atoms with van der Waals surface area (Å²) in [6.07, 6.45) is -0.156. The molecule has 0 bridgehead atoms. The van der Waals surface area contributed by atoms with Crippen molar-refractivity contribution < 1.29 is 14.6 Å². The molecule has 0 aromatic heterocycles. The minimum absolute atomic E-state index is 0.122. The molecule has 0 amide bonds. The molecule has 2 aromatic rings. The molecule has 3 heteroatoms. The number of hydrogen-bond donors (Lipinski definition) is 1. The monoisotopic (exact) mass is 306 g/mol. The van der Waals surface area contributed by atoms with Crippen LogP contribution in [0.2, 0.25) is 0 Å². The van der Waals surface area contributed by atoms with Gasteiger partial charge in [-0.3, -0.25) is 4.79 Å². The van der Waals surface area contributed by atoms with Crippen LogP contribution >= 0.6 is 0 Å². The van der Waals surface area contributed by atoms with Crippen LogP contribution in [0.1, 0.15) is 23.5 Å². The summed E-state index contributed by atoms with van der Waals surface area (Å²) in [7, 11) is 0. The topological polar surface area (TPSA) is 46.5 Å². The third-order valence-corrected chi connectivity index (χ3v) is 4.15. The first-order valence-corrected chi connectivity index (χ1v) is 7.48. The molecular formula is C20H18O3. The molecule has 0 unspecified atom stereocenters. The number of carboxylic acids is 1. The number of allylic oxidation sites excluding steroid dienone is 1. The second-order valence-corrected chi connectivity index (χ2v) is 5.64. The van der Waals surface area contributed by atoms with Gasteiger partial charge in [-0.25, -0.2) is 0 Å². The van der Waals surface area contributed by atoms with E-state index in [1.807, 2.05) is 24.3 Å². The van der Waals surface area contributed by atoms with E-state index in [1.54, 1.807) is 0 Å². The number of ether oxygens (including phenoxy) is 1. The third-order valence-electron chi connectivity index (χ3n) is 4.15. The Bertz CT molecular complexity index is 743. The molecule has 1 aliphatic carbocycles. The maximum atomic E-state index is 10.7. The normalized spacial score (nSPS) is 12.3. The van der Waals surface area contributed by atoms with Crippen molar-refractivity contribution in [3.63, 3.8) is 0 Å². The summed E-state index contributed by atoms with van der Waals surface area (Å²) in [5.41, 5.74) is 5.31. The Hall–Kier alpha value is -2.81. The van der Waals surface area contributed by atoms with E-state index in [4.69, 9.17) is 9.84 Å². The highest BCUT2D eigenvalue weighted by Crippen LogP contribution is 2.44. The van der Waals surface area contributed by atoms with Crippen molar-refractivity contribution in [3.8, 4) is 11.1 Å². The molecule has 0 spiro atoms. The standard InChI is InChI=1S/C20H18O3/c1-13(11-20(21)22)14(2)23-12-19-17-9-5-3-7-15(17)16-8-4-6-10-18(16)19/h3-10,19H,1-2,11-12H2,(H,21,22). The summed E-state index contributed by atoms with van der Waals surface area (Å²) in [6, 6.07) is 16.6. The molecule has 1 aliphatic rings. The van der Waals surface area contributed by atoms with E-state index in [2.05, 4.69) is 37.4 Å². The average molecular weight is 306 g/mol. The van der Waals surface area contributed by atoms with Gasteiger partial charge in [-0.2, -0.15) is 0 Å². The average Bonchev–Trinajstić information content (AvgIpc) is 2.86. The molecule has 2 aromatic carbocycles. The van der Waals surface area contributed by atoms with Crippen LogP contribution in [0.3, 0.4) is 0 Å². The summed E-state index contributed by atoms with van der Waals surface area (Å²) in [4.78, 5) is 10.7. The molecule has 0 heterocycles. The van der Waals surface area contributed by atoms with Crippen LogP contribution in [-0.4, -0.2) is 17.7 Å². The fraction of sp³-hybridized carbons (Fsp3) is 0.150. The van der Waals surface area contributed by atoms with Gasteiger partial charge in [0.05, 0.1) is 13.0 Å². The fourth-order valence-corrected chi connectivity index (χ4v) is 3.01. The number of carboxylic acid groups (broad SMARTS) is 1. The number of hydrogen-bond acceptors (Lipinski definition) is 2. The lowest BCUT2D eigenvalue weighted by Crippen LogP contribution is -2.08. The van der Waals surface area contributed by atoms with E-state index in [0.717, 1.165) is 0 Å². The smallest absolute Gasteiger partial charge is 0.307 e. The summed E-state index contributed by atoms with van der Waals surface area (Å²) in [5.74, 6) is -0.470. The molecule has 0 saturated heterocycles. The quantitative estimate of drug-likeness (QED) is 0.637. The van der Waals surface area contributed by atoms with Crippen LogP contribution in [0.25, 0.3) is 11.1 Å².